The zero-order valence-electron chi connectivity index (χ0n) is 18.0. The fraction of sp³-hybridized carbons (Fsp3) is 0.375. The van der Waals surface area contributed by atoms with Gasteiger partial charge in [0.2, 0.25) is 5.91 Å². The van der Waals surface area contributed by atoms with Crippen LogP contribution in [0.1, 0.15) is 43.2 Å². The average molecular weight is 461 g/mol. The van der Waals surface area contributed by atoms with Crippen molar-refractivity contribution in [2.75, 3.05) is 17.4 Å². The summed E-state index contributed by atoms with van der Waals surface area (Å²) in [6.45, 7) is 3.89. The summed E-state index contributed by atoms with van der Waals surface area (Å²) in [4.78, 5) is 12.9. The van der Waals surface area contributed by atoms with Crippen molar-refractivity contribution in [3.8, 4) is 0 Å². The predicted molar refractivity (Wildman–Crippen MR) is 126 cm³/mol. The number of rotatable bonds is 8. The molecule has 3 rings (SSSR count). The molecule has 7 heteroatoms. The summed E-state index contributed by atoms with van der Waals surface area (Å²) in [6.07, 6.45) is 7.65. The van der Waals surface area contributed by atoms with Crippen LogP contribution in [0.3, 0.4) is 0 Å². The van der Waals surface area contributed by atoms with Gasteiger partial charge in [-0.25, -0.2) is 8.42 Å². The Kier molecular flexibility index (Phi) is 7.79. The number of carbonyl (C=O) groups excluding carboxylic acids is 1. The van der Waals surface area contributed by atoms with Crippen LogP contribution >= 0.6 is 11.6 Å². The first kappa shape index (κ1) is 23.4. The number of hydrogen-bond acceptors (Lipinski definition) is 3. The highest BCUT2D eigenvalue weighted by Crippen LogP contribution is 2.29. The standard InChI is InChI=1S/C24H29ClN2O3S/c1-18-8-11-22(12-9-18)31(29,30)27(23-13-10-21(25)16-19(23)2)17-24(28)26-15-14-20-6-4-3-5-7-20/h6,8-13,16H,3-5,7,14-15,17H2,1-2H3,(H,26,28). The molecular formula is C24H29ClN2O3S. The van der Waals surface area contributed by atoms with E-state index in [0.29, 0.717) is 22.8 Å². The highest BCUT2D eigenvalue weighted by atomic mass is 35.5. The summed E-state index contributed by atoms with van der Waals surface area (Å²) < 4.78 is 28.0. The van der Waals surface area contributed by atoms with Gasteiger partial charge in [0.05, 0.1) is 10.6 Å². The maximum atomic E-state index is 13.4. The van der Waals surface area contributed by atoms with Crippen LogP contribution in [0.4, 0.5) is 5.69 Å². The minimum absolute atomic E-state index is 0.146. The lowest BCUT2D eigenvalue weighted by molar-refractivity contribution is -0.119. The number of sulfonamides is 1. The second kappa shape index (κ2) is 10.3. The Morgan fingerprint density at radius 1 is 1.10 bits per heavy atom. The van der Waals surface area contributed by atoms with E-state index in [-0.39, 0.29) is 17.3 Å². The first-order valence-corrected chi connectivity index (χ1v) is 12.4. The lowest BCUT2D eigenvalue weighted by atomic mass is 9.97. The van der Waals surface area contributed by atoms with Crippen molar-refractivity contribution in [2.24, 2.45) is 0 Å². The lowest BCUT2D eigenvalue weighted by Crippen LogP contribution is -2.41. The minimum atomic E-state index is -3.93. The summed E-state index contributed by atoms with van der Waals surface area (Å²) >= 11 is 6.07. The molecule has 0 spiro atoms. The van der Waals surface area contributed by atoms with Crippen LogP contribution in [0.25, 0.3) is 0 Å². The molecule has 1 aliphatic rings. The smallest absolute Gasteiger partial charge is 0.264 e. The van der Waals surface area contributed by atoms with Gasteiger partial charge in [-0.05, 0) is 81.8 Å². The van der Waals surface area contributed by atoms with Crippen molar-refractivity contribution in [3.63, 3.8) is 0 Å². The molecule has 0 saturated carbocycles. The van der Waals surface area contributed by atoms with Crippen molar-refractivity contribution >= 4 is 33.2 Å². The molecule has 2 aromatic rings. The molecule has 0 aromatic heterocycles. The zero-order valence-corrected chi connectivity index (χ0v) is 19.6. The van der Waals surface area contributed by atoms with Crippen LogP contribution in [0.15, 0.2) is 59.0 Å². The number of allylic oxidation sites excluding steroid dienone is 1. The first-order valence-electron chi connectivity index (χ1n) is 10.6. The molecule has 5 nitrogen and oxygen atoms in total. The molecule has 0 bridgehead atoms. The van der Waals surface area contributed by atoms with E-state index in [2.05, 4.69) is 11.4 Å². The fourth-order valence-corrected chi connectivity index (χ4v) is 5.43. The van der Waals surface area contributed by atoms with Gasteiger partial charge in [0.25, 0.3) is 10.0 Å². The summed E-state index contributed by atoms with van der Waals surface area (Å²) in [7, 11) is -3.93. The quantitative estimate of drug-likeness (QED) is 0.553. The predicted octanol–water partition coefficient (Wildman–Crippen LogP) is 5.16. The largest absolute Gasteiger partial charge is 0.354 e. The van der Waals surface area contributed by atoms with E-state index in [1.807, 2.05) is 6.92 Å². The Morgan fingerprint density at radius 3 is 2.48 bits per heavy atom. The second-order valence-corrected chi connectivity index (χ2v) is 10.3. The SMILES string of the molecule is Cc1ccc(S(=O)(=O)N(CC(=O)NCCC2=CCCCC2)c2ccc(Cl)cc2C)cc1. The van der Waals surface area contributed by atoms with Crippen molar-refractivity contribution in [1.82, 2.24) is 5.32 Å². The number of hydrogen-bond donors (Lipinski definition) is 1. The van der Waals surface area contributed by atoms with E-state index < -0.39 is 10.0 Å². The number of aryl methyl sites for hydroxylation is 2. The number of carbonyl (C=O) groups is 1. The van der Waals surface area contributed by atoms with Gasteiger partial charge in [-0.3, -0.25) is 9.10 Å². The van der Waals surface area contributed by atoms with Crippen molar-refractivity contribution in [3.05, 3.63) is 70.3 Å². The zero-order chi connectivity index (χ0) is 22.4. The molecule has 0 heterocycles. The van der Waals surface area contributed by atoms with Gasteiger partial charge in [-0.15, -0.1) is 0 Å². The topological polar surface area (TPSA) is 66.5 Å². The molecule has 0 saturated heterocycles. The third-order valence-corrected chi connectivity index (χ3v) is 7.49. The number of anilines is 1. The molecule has 2 aromatic carbocycles. The fourth-order valence-electron chi connectivity index (χ4n) is 3.72. The van der Waals surface area contributed by atoms with E-state index in [1.165, 1.54) is 22.7 Å². The number of benzene rings is 2. The molecule has 0 atom stereocenters. The van der Waals surface area contributed by atoms with E-state index in [1.54, 1.807) is 49.4 Å². The Morgan fingerprint density at radius 2 is 1.84 bits per heavy atom. The Bertz CT molecular complexity index is 1060. The lowest BCUT2D eigenvalue weighted by Gasteiger charge is -2.26. The van der Waals surface area contributed by atoms with Crippen molar-refractivity contribution in [1.29, 1.82) is 0 Å². The molecular weight excluding hydrogens is 432 g/mol. The molecule has 166 valence electrons. The van der Waals surface area contributed by atoms with Crippen LogP contribution in [-0.2, 0) is 14.8 Å². The third-order valence-electron chi connectivity index (χ3n) is 5.48. The second-order valence-electron chi connectivity index (χ2n) is 7.96. The van der Waals surface area contributed by atoms with Gasteiger partial charge in [0, 0.05) is 11.6 Å². The van der Waals surface area contributed by atoms with Crippen LogP contribution in [0, 0.1) is 13.8 Å². The summed E-state index contributed by atoms with van der Waals surface area (Å²) in [6, 6.07) is 11.6. The van der Waals surface area contributed by atoms with Gasteiger partial charge >= 0.3 is 0 Å². The van der Waals surface area contributed by atoms with Crippen LogP contribution < -0.4 is 9.62 Å². The van der Waals surface area contributed by atoms with Crippen LogP contribution in [-0.4, -0.2) is 27.4 Å². The molecule has 1 N–H and O–H groups in total. The first-order chi connectivity index (χ1) is 14.8. The molecule has 1 aliphatic carbocycles. The minimum Gasteiger partial charge on any atom is -0.354 e. The highest BCUT2D eigenvalue weighted by molar-refractivity contribution is 7.92. The van der Waals surface area contributed by atoms with Gasteiger partial charge in [-0.1, -0.05) is 40.9 Å². The third kappa shape index (κ3) is 6.11. The Labute approximate surface area is 190 Å². The van der Waals surface area contributed by atoms with Crippen molar-refractivity contribution < 1.29 is 13.2 Å². The summed E-state index contributed by atoms with van der Waals surface area (Å²) in [5, 5.41) is 3.39. The van der Waals surface area contributed by atoms with Gasteiger partial charge in [0.15, 0.2) is 0 Å². The van der Waals surface area contributed by atoms with E-state index in [0.717, 1.165) is 24.8 Å². The molecule has 1 amide bonds. The highest BCUT2D eigenvalue weighted by Gasteiger charge is 2.28. The number of amides is 1. The van der Waals surface area contributed by atoms with E-state index >= 15 is 0 Å². The number of halogens is 1. The molecule has 0 radical (unpaired) electrons. The van der Waals surface area contributed by atoms with Gasteiger partial charge in [0.1, 0.15) is 6.54 Å². The molecule has 0 unspecified atom stereocenters. The number of nitrogens with one attached hydrogen (secondary N) is 1. The number of nitrogens with zero attached hydrogens (tertiary/aromatic N) is 1. The normalized spacial score (nSPS) is 14.1. The average Bonchev–Trinajstić information content (AvgIpc) is 2.73. The van der Waals surface area contributed by atoms with E-state index in [4.69, 9.17) is 11.6 Å². The Hall–Kier alpha value is -2.31. The summed E-state index contributed by atoms with van der Waals surface area (Å²) in [5.74, 6) is -0.332. The van der Waals surface area contributed by atoms with Crippen LogP contribution in [0.5, 0.6) is 0 Å². The molecule has 31 heavy (non-hydrogen) atoms. The monoisotopic (exact) mass is 460 g/mol. The van der Waals surface area contributed by atoms with E-state index in [9.17, 15) is 13.2 Å². The van der Waals surface area contributed by atoms with Crippen LogP contribution in [0.2, 0.25) is 5.02 Å². The Balaban J connectivity index is 1.81. The maximum absolute atomic E-state index is 13.4. The van der Waals surface area contributed by atoms with Crippen molar-refractivity contribution in [2.45, 2.75) is 50.8 Å². The summed E-state index contributed by atoms with van der Waals surface area (Å²) in [5.41, 5.74) is 3.45. The molecule has 0 fully saturated rings. The van der Waals surface area contributed by atoms with Gasteiger partial charge < -0.3 is 5.32 Å². The maximum Gasteiger partial charge on any atom is 0.264 e. The molecule has 0 aliphatic heterocycles. The van der Waals surface area contributed by atoms with Gasteiger partial charge in [-0.2, -0.15) is 0 Å².